The van der Waals surface area contributed by atoms with Crippen molar-refractivity contribution >= 4 is 11.9 Å². The zero-order chi connectivity index (χ0) is 10.9. The zero-order valence-electron chi connectivity index (χ0n) is 7.48. The lowest BCUT2D eigenvalue weighted by Crippen LogP contribution is -2.39. The summed E-state index contributed by atoms with van der Waals surface area (Å²) in [5.41, 5.74) is 0. The van der Waals surface area contributed by atoms with Crippen molar-refractivity contribution in [3.8, 4) is 0 Å². The number of carboxylic acids is 1. The Hall–Kier alpha value is -1.40. The molecule has 0 rings (SSSR count). The molecule has 0 aromatic heterocycles. The van der Waals surface area contributed by atoms with E-state index in [4.69, 9.17) is 10.2 Å². The average molecular weight is 191 g/mol. The third kappa shape index (κ3) is 10.6. The lowest BCUT2D eigenvalue weighted by molar-refractivity contribution is -0.150. The van der Waals surface area contributed by atoms with Crippen molar-refractivity contribution < 1.29 is 24.5 Å². The molecule has 13 heavy (non-hydrogen) atoms. The number of hydrogen-bond acceptors (Lipinski definition) is 4. The highest BCUT2D eigenvalue weighted by atomic mass is 16.4. The van der Waals surface area contributed by atoms with Crippen LogP contribution in [0, 0.1) is 0 Å². The van der Waals surface area contributed by atoms with Gasteiger partial charge in [0.25, 0.3) is 0 Å². The van der Waals surface area contributed by atoms with E-state index in [1.165, 1.54) is 0 Å². The van der Waals surface area contributed by atoms with Crippen LogP contribution in [-0.2, 0) is 14.3 Å². The fraction of sp³-hybridized carbons (Fsp3) is 0.429. The average Bonchev–Trinajstić information content (AvgIpc) is 2.05. The summed E-state index contributed by atoms with van der Waals surface area (Å²) in [5.74, 6) is -2.23. The molecule has 1 amide bonds. The van der Waals surface area contributed by atoms with Gasteiger partial charge in [0.15, 0.2) is 0 Å². The summed E-state index contributed by atoms with van der Waals surface area (Å²) in [6, 6.07) is 0. The molecule has 6 nitrogen and oxygen atoms in total. The Kier molecular flexibility index (Phi) is 9.46. The first-order valence-electron chi connectivity index (χ1n) is 3.23. The Morgan fingerprint density at radius 2 is 1.92 bits per heavy atom. The first-order valence-corrected chi connectivity index (χ1v) is 3.23. The van der Waals surface area contributed by atoms with Gasteiger partial charge < -0.3 is 20.3 Å². The molecule has 0 aromatic carbocycles. The summed E-state index contributed by atoms with van der Waals surface area (Å²) in [5, 5.41) is 18.2. The number of amides is 1. The van der Waals surface area contributed by atoms with Gasteiger partial charge in [0.05, 0.1) is 0 Å². The molecule has 0 bridgehead atoms. The first kappa shape index (κ1) is 14.1. The number of hydrogen-bond donors (Lipinski definition) is 3. The number of carbonyl (C=O) groups excluding carboxylic acids is 1. The number of ether oxygens (including phenoxy) is 1. The van der Waals surface area contributed by atoms with Crippen LogP contribution in [0.2, 0.25) is 0 Å². The molecule has 1 unspecified atom stereocenters. The van der Waals surface area contributed by atoms with E-state index in [9.17, 15) is 9.59 Å². The van der Waals surface area contributed by atoms with Crippen LogP contribution in [0.4, 0.5) is 0 Å². The largest absolute Gasteiger partial charge is 0.478 e. The first-order chi connectivity index (χ1) is 5.99. The van der Waals surface area contributed by atoms with Crippen LogP contribution in [0.25, 0.3) is 0 Å². The molecule has 0 heterocycles. The Morgan fingerprint density at radius 3 is 2.15 bits per heavy atom. The number of carboxylic acid groups (broad SMARTS) is 1. The van der Waals surface area contributed by atoms with Crippen LogP contribution in [0.15, 0.2) is 12.7 Å². The van der Waals surface area contributed by atoms with Crippen molar-refractivity contribution in [1.29, 1.82) is 0 Å². The fourth-order valence-corrected chi connectivity index (χ4v) is 0.255. The van der Waals surface area contributed by atoms with E-state index in [0.29, 0.717) is 0 Å². The molecule has 0 saturated carbocycles. The predicted octanol–water partition coefficient (Wildman–Crippen LogP) is -1.05. The summed E-state index contributed by atoms with van der Waals surface area (Å²) in [7, 11) is 3.25. The minimum atomic E-state index is -1.86. The number of nitrogens with one attached hydrogen (secondary N) is 1. The Labute approximate surface area is 75.8 Å². The molecule has 0 saturated heterocycles. The lowest BCUT2D eigenvalue weighted by Gasteiger charge is -2.03. The number of aliphatic hydroxyl groups excluding tert-OH is 1. The van der Waals surface area contributed by atoms with Gasteiger partial charge in [-0.25, -0.2) is 4.79 Å². The van der Waals surface area contributed by atoms with Gasteiger partial charge in [0.2, 0.25) is 12.1 Å². The lowest BCUT2D eigenvalue weighted by atomic mass is 10.5. The summed E-state index contributed by atoms with van der Waals surface area (Å²) >= 11 is 0. The summed E-state index contributed by atoms with van der Waals surface area (Å²) < 4.78 is 4.25. The van der Waals surface area contributed by atoms with Crippen LogP contribution in [0.1, 0.15) is 0 Å². The third-order valence-corrected chi connectivity index (χ3v) is 0.698. The zero-order valence-corrected chi connectivity index (χ0v) is 7.48. The highest BCUT2D eigenvalue weighted by molar-refractivity contribution is 5.89. The number of aliphatic carboxylic acids is 1. The van der Waals surface area contributed by atoms with E-state index in [2.05, 4.69) is 11.3 Å². The summed E-state index contributed by atoms with van der Waals surface area (Å²) in [4.78, 5) is 20.1. The fourth-order valence-electron chi connectivity index (χ4n) is 0.255. The van der Waals surface area contributed by atoms with E-state index < -0.39 is 18.1 Å². The Balaban J connectivity index is 0. The molecule has 76 valence electrons. The SMILES string of the molecule is C=CC(=O)NC(O)C(=O)O.COC. The van der Waals surface area contributed by atoms with Crippen LogP contribution >= 0.6 is 0 Å². The van der Waals surface area contributed by atoms with Crippen molar-refractivity contribution in [2.45, 2.75) is 6.23 Å². The molecule has 0 aliphatic carbocycles. The number of carbonyl (C=O) groups is 2. The Bertz CT molecular complexity index is 180. The normalized spacial score (nSPS) is 10.4. The molecule has 0 aliphatic rings. The quantitative estimate of drug-likeness (QED) is 0.391. The molecule has 6 heteroatoms. The Morgan fingerprint density at radius 1 is 1.54 bits per heavy atom. The van der Waals surface area contributed by atoms with Crippen LogP contribution < -0.4 is 5.32 Å². The molecular formula is C7H13NO5. The van der Waals surface area contributed by atoms with E-state index in [1.807, 2.05) is 0 Å². The molecule has 0 fully saturated rings. The maximum Gasteiger partial charge on any atom is 0.353 e. The molecule has 3 N–H and O–H groups in total. The molecule has 0 aliphatic heterocycles. The van der Waals surface area contributed by atoms with Gasteiger partial charge in [0, 0.05) is 14.2 Å². The van der Waals surface area contributed by atoms with Gasteiger partial charge in [-0.05, 0) is 6.08 Å². The van der Waals surface area contributed by atoms with E-state index in [0.717, 1.165) is 6.08 Å². The highest BCUT2D eigenvalue weighted by Crippen LogP contribution is 1.76. The van der Waals surface area contributed by atoms with Gasteiger partial charge in [-0.1, -0.05) is 6.58 Å². The molecule has 0 aromatic rings. The molecular weight excluding hydrogens is 178 g/mol. The van der Waals surface area contributed by atoms with Crippen molar-refractivity contribution in [3.05, 3.63) is 12.7 Å². The molecule has 0 radical (unpaired) electrons. The van der Waals surface area contributed by atoms with Gasteiger partial charge in [-0.3, -0.25) is 4.79 Å². The smallest absolute Gasteiger partial charge is 0.353 e. The minimum Gasteiger partial charge on any atom is -0.478 e. The third-order valence-electron chi connectivity index (χ3n) is 0.698. The topological polar surface area (TPSA) is 95.9 Å². The second-order valence-electron chi connectivity index (χ2n) is 1.86. The van der Waals surface area contributed by atoms with Crippen molar-refractivity contribution in [1.82, 2.24) is 5.32 Å². The van der Waals surface area contributed by atoms with Gasteiger partial charge >= 0.3 is 5.97 Å². The van der Waals surface area contributed by atoms with Crippen LogP contribution in [0.5, 0.6) is 0 Å². The molecule has 0 spiro atoms. The monoisotopic (exact) mass is 191 g/mol. The summed E-state index contributed by atoms with van der Waals surface area (Å²) in [6.07, 6.45) is -0.989. The van der Waals surface area contributed by atoms with Crippen LogP contribution in [-0.4, -0.2) is 42.5 Å². The predicted molar refractivity (Wildman–Crippen MR) is 44.9 cm³/mol. The minimum absolute atomic E-state index is 0.727. The van der Waals surface area contributed by atoms with E-state index in [-0.39, 0.29) is 0 Å². The number of methoxy groups -OCH3 is 1. The van der Waals surface area contributed by atoms with Crippen LogP contribution in [0.3, 0.4) is 0 Å². The number of rotatable bonds is 3. The maximum absolute atomic E-state index is 10.3. The highest BCUT2D eigenvalue weighted by Gasteiger charge is 2.13. The molecule has 1 atom stereocenters. The van der Waals surface area contributed by atoms with Gasteiger partial charge in [-0.2, -0.15) is 0 Å². The van der Waals surface area contributed by atoms with E-state index in [1.54, 1.807) is 19.5 Å². The standard InChI is InChI=1S/C5H7NO4.C2H6O/c1-2-3(7)6-4(8)5(9)10;1-3-2/h2,4,8H,1H2,(H,6,7)(H,9,10);1-2H3. The van der Waals surface area contributed by atoms with Gasteiger partial charge in [-0.15, -0.1) is 0 Å². The maximum atomic E-state index is 10.3. The second-order valence-corrected chi connectivity index (χ2v) is 1.86. The van der Waals surface area contributed by atoms with E-state index >= 15 is 0 Å². The number of aliphatic hydroxyl groups is 1. The van der Waals surface area contributed by atoms with Crippen molar-refractivity contribution in [2.24, 2.45) is 0 Å². The summed E-state index contributed by atoms with van der Waals surface area (Å²) in [6.45, 7) is 3.06. The van der Waals surface area contributed by atoms with Gasteiger partial charge in [0.1, 0.15) is 0 Å². The second kappa shape index (κ2) is 8.69. The van der Waals surface area contributed by atoms with Crippen molar-refractivity contribution in [2.75, 3.05) is 14.2 Å². The van der Waals surface area contributed by atoms with Crippen molar-refractivity contribution in [3.63, 3.8) is 0 Å².